The summed E-state index contributed by atoms with van der Waals surface area (Å²) in [5.41, 5.74) is 3.35. The molecule has 0 atom stereocenters. The van der Waals surface area contributed by atoms with Gasteiger partial charge in [-0.05, 0) is 30.0 Å². The Morgan fingerprint density at radius 3 is 2.73 bits per heavy atom. The minimum Gasteiger partial charge on any atom is -0.306 e. The third-order valence-corrected chi connectivity index (χ3v) is 4.07. The van der Waals surface area contributed by atoms with Gasteiger partial charge >= 0.3 is 0 Å². The number of carbonyl (C=O) groups excluding carboxylic acids is 1. The van der Waals surface area contributed by atoms with Crippen LogP contribution in [-0.4, -0.2) is 17.4 Å². The molecule has 0 fully saturated rings. The number of fused-ring (bicyclic) bond motifs is 1. The highest BCUT2D eigenvalue weighted by atomic mass is 16.6. The Morgan fingerprint density at radius 2 is 2.00 bits per heavy atom. The van der Waals surface area contributed by atoms with E-state index in [1.54, 1.807) is 11.0 Å². The largest absolute Gasteiger partial charge is 0.306 e. The van der Waals surface area contributed by atoms with Gasteiger partial charge in [0.15, 0.2) is 0 Å². The molecule has 3 rings (SSSR count). The fourth-order valence-corrected chi connectivity index (χ4v) is 2.90. The average Bonchev–Trinajstić information content (AvgIpc) is 2.93. The van der Waals surface area contributed by atoms with Crippen molar-refractivity contribution < 1.29 is 9.72 Å². The number of hydrogen-bond acceptors (Lipinski definition) is 3. The number of nitro groups is 1. The second kappa shape index (κ2) is 5.60. The maximum absolute atomic E-state index is 12.6. The van der Waals surface area contributed by atoms with Gasteiger partial charge in [-0.3, -0.25) is 14.9 Å². The first kappa shape index (κ1) is 14.3. The SMILES string of the molecule is Cc1ccccc1CC(=O)N1CCc2cccc([N+](=O)[O-])c21. The van der Waals surface area contributed by atoms with E-state index in [-0.39, 0.29) is 18.0 Å². The molecule has 5 nitrogen and oxygen atoms in total. The third kappa shape index (κ3) is 2.45. The van der Waals surface area contributed by atoms with Gasteiger partial charge in [0.25, 0.3) is 5.69 Å². The number of carbonyl (C=O) groups is 1. The van der Waals surface area contributed by atoms with Gasteiger partial charge < -0.3 is 4.90 Å². The lowest BCUT2D eigenvalue weighted by atomic mass is 10.1. The smallest absolute Gasteiger partial charge is 0.293 e. The van der Waals surface area contributed by atoms with Crippen LogP contribution in [0.1, 0.15) is 16.7 Å². The molecule has 0 aliphatic carbocycles. The van der Waals surface area contributed by atoms with E-state index in [1.165, 1.54) is 6.07 Å². The van der Waals surface area contributed by atoms with Crippen molar-refractivity contribution in [2.75, 3.05) is 11.4 Å². The van der Waals surface area contributed by atoms with Gasteiger partial charge in [-0.15, -0.1) is 0 Å². The molecule has 2 aromatic rings. The second-order valence-corrected chi connectivity index (χ2v) is 5.44. The molecule has 0 saturated heterocycles. The van der Waals surface area contributed by atoms with Crippen LogP contribution in [0, 0.1) is 17.0 Å². The Bertz CT molecular complexity index is 755. The summed E-state index contributed by atoms with van der Waals surface area (Å²) in [5.74, 6) is -0.0950. The predicted octanol–water partition coefficient (Wildman–Crippen LogP) is 3.04. The molecule has 1 aliphatic heterocycles. The average molecular weight is 296 g/mol. The number of benzene rings is 2. The Labute approximate surface area is 128 Å². The Kier molecular flexibility index (Phi) is 3.63. The molecule has 0 N–H and O–H groups in total. The Balaban J connectivity index is 1.92. The normalized spacial score (nSPS) is 13.0. The summed E-state index contributed by atoms with van der Waals surface area (Å²) in [6.45, 7) is 2.47. The van der Waals surface area contributed by atoms with E-state index in [0.29, 0.717) is 18.7 Å². The van der Waals surface area contributed by atoms with E-state index in [0.717, 1.165) is 16.7 Å². The van der Waals surface area contributed by atoms with Crippen molar-refractivity contribution in [3.8, 4) is 0 Å². The summed E-state index contributed by atoms with van der Waals surface area (Å²) < 4.78 is 0. The van der Waals surface area contributed by atoms with E-state index in [9.17, 15) is 14.9 Å². The standard InChI is InChI=1S/C17H16N2O3/c1-12-5-2-3-6-14(12)11-16(20)18-10-9-13-7-4-8-15(17(13)18)19(21)22/h2-8H,9-11H2,1H3. The topological polar surface area (TPSA) is 63.5 Å². The Morgan fingerprint density at radius 1 is 1.23 bits per heavy atom. The first-order valence-corrected chi connectivity index (χ1v) is 7.19. The quantitative estimate of drug-likeness (QED) is 0.646. The molecule has 1 amide bonds. The molecule has 1 heterocycles. The molecule has 5 heteroatoms. The molecule has 1 aliphatic rings. The molecule has 0 saturated carbocycles. The lowest BCUT2D eigenvalue weighted by Gasteiger charge is -2.18. The molecule has 0 aromatic heterocycles. The fourth-order valence-electron chi connectivity index (χ4n) is 2.90. The predicted molar refractivity (Wildman–Crippen MR) is 84.0 cm³/mol. The monoisotopic (exact) mass is 296 g/mol. The van der Waals surface area contributed by atoms with Crippen molar-refractivity contribution in [1.82, 2.24) is 0 Å². The number of rotatable bonds is 3. The minimum atomic E-state index is -0.418. The maximum atomic E-state index is 12.6. The highest BCUT2D eigenvalue weighted by Crippen LogP contribution is 2.37. The lowest BCUT2D eigenvalue weighted by Crippen LogP contribution is -2.31. The van der Waals surface area contributed by atoms with Gasteiger partial charge in [0, 0.05) is 12.6 Å². The lowest BCUT2D eigenvalue weighted by molar-refractivity contribution is -0.384. The summed E-state index contributed by atoms with van der Waals surface area (Å²) in [6.07, 6.45) is 0.925. The van der Waals surface area contributed by atoms with Crippen molar-refractivity contribution in [3.05, 3.63) is 69.3 Å². The number of nitro benzene ring substituents is 1. The molecular weight excluding hydrogens is 280 g/mol. The van der Waals surface area contributed by atoms with Crippen molar-refractivity contribution in [2.24, 2.45) is 0 Å². The van der Waals surface area contributed by atoms with Crippen LogP contribution in [0.4, 0.5) is 11.4 Å². The number of nitrogens with zero attached hydrogens (tertiary/aromatic N) is 2. The van der Waals surface area contributed by atoms with Crippen LogP contribution in [0.15, 0.2) is 42.5 Å². The van der Waals surface area contributed by atoms with E-state index in [1.807, 2.05) is 37.3 Å². The third-order valence-electron chi connectivity index (χ3n) is 4.07. The molecule has 22 heavy (non-hydrogen) atoms. The van der Waals surface area contributed by atoms with Gasteiger partial charge in [0.2, 0.25) is 5.91 Å². The molecular formula is C17H16N2O3. The zero-order chi connectivity index (χ0) is 15.7. The molecule has 112 valence electrons. The van der Waals surface area contributed by atoms with Crippen LogP contribution in [0.3, 0.4) is 0 Å². The molecule has 0 unspecified atom stereocenters. The van der Waals surface area contributed by atoms with E-state index >= 15 is 0 Å². The van der Waals surface area contributed by atoms with Crippen LogP contribution >= 0.6 is 0 Å². The summed E-state index contributed by atoms with van der Waals surface area (Å²) in [7, 11) is 0. The number of amides is 1. The van der Waals surface area contributed by atoms with Gasteiger partial charge in [-0.2, -0.15) is 0 Å². The van der Waals surface area contributed by atoms with Crippen LogP contribution in [0.2, 0.25) is 0 Å². The second-order valence-electron chi connectivity index (χ2n) is 5.44. The van der Waals surface area contributed by atoms with Crippen LogP contribution in [0.5, 0.6) is 0 Å². The highest BCUT2D eigenvalue weighted by Gasteiger charge is 2.31. The highest BCUT2D eigenvalue weighted by molar-refractivity contribution is 5.99. The molecule has 2 aromatic carbocycles. The fraction of sp³-hybridized carbons (Fsp3) is 0.235. The van der Waals surface area contributed by atoms with Gasteiger partial charge in [0.1, 0.15) is 5.69 Å². The van der Waals surface area contributed by atoms with E-state index < -0.39 is 4.92 Å². The van der Waals surface area contributed by atoms with Gasteiger partial charge in [0.05, 0.1) is 11.3 Å². The summed E-state index contributed by atoms with van der Waals surface area (Å²) in [5, 5.41) is 11.2. The van der Waals surface area contributed by atoms with E-state index in [2.05, 4.69) is 0 Å². The molecule has 0 bridgehead atoms. The number of para-hydroxylation sites is 1. The number of aryl methyl sites for hydroxylation is 1. The van der Waals surface area contributed by atoms with Gasteiger partial charge in [-0.25, -0.2) is 0 Å². The zero-order valence-electron chi connectivity index (χ0n) is 12.3. The van der Waals surface area contributed by atoms with Crippen molar-refractivity contribution in [1.29, 1.82) is 0 Å². The molecule has 0 radical (unpaired) electrons. The summed E-state index contributed by atoms with van der Waals surface area (Å²) in [6, 6.07) is 12.7. The number of anilines is 1. The van der Waals surface area contributed by atoms with Crippen molar-refractivity contribution in [3.63, 3.8) is 0 Å². The molecule has 0 spiro atoms. The van der Waals surface area contributed by atoms with Crippen LogP contribution in [-0.2, 0) is 17.6 Å². The first-order chi connectivity index (χ1) is 10.6. The van der Waals surface area contributed by atoms with Crippen molar-refractivity contribution >= 4 is 17.3 Å². The van der Waals surface area contributed by atoms with Gasteiger partial charge in [-0.1, -0.05) is 36.4 Å². The Hall–Kier alpha value is -2.69. The van der Waals surface area contributed by atoms with E-state index in [4.69, 9.17) is 0 Å². The summed E-state index contributed by atoms with van der Waals surface area (Å²) in [4.78, 5) is 25.0. The minimum absolute atomic E-state index is 0.00753. The maximum Gasteiger partial charge on any atom is 0.293 e. The van der Waals surface area contributed by atoms with Crippen LogP contribution in [0.25, 0.3) is 0 Å². The summed E-state index contributed by atoms with van der Waals surface area (Å²) >= 11 is 0. The van der Waals surface area contributed by atoms with Crippen molar-refractivity contribution in [2.45, 2.75) is 19.8 Å². The van der Waals surface area contributed by atoms with Crippen LogP contribution < -0.4 is 4.90 Å². The zero-order valence-corrected chi connectivity index (χ0v) is 12.3. The first-order valence-electron chi connectivity index (χ1n) is 7.19. The number of hydrogen-bond donors (Lipinski definition) is 0.